The van der Waals surface area contributed by atoms with Crippen molar-refractivity contribution in [2.24, 2.45) is 0 Å². The first-order valence-electron chi connectivity index (χ1n) is 6.87. The third kappa shape index (κ3) is 2.68. The Morgan fingerprint density at radius 2 is 1.86 bits per heavy atom. The highest BCUT2D eigenvalue weighted by molar-refractivity contribution is 7.08. The van der Waals surface area contributed by atoms with Crippen LogP contribution in [0.1, 0.15) is 31.9 Å². The quantitative estimate of drug-likeness (QED) is 0.545. The fourth-order valence-corrected chi connectivity index (χ4v) is 3.33. The molecule has 0 aliphatic rings. The van der Waals surface area contributed by atoms with Gasteiger partial charge in [-0.25, -0.2) is 9.97 Å². The van der Waals surface area contributed by atoms with E-state index in [0.717, 1.165) is 16.5 Å². The van der Waals surface area contributed by atoms with Crippen LogP contribution in [0.2, 0.25) is 5.15 Å². The van der Waals surface area contributed by atoms with Crippen molar-refractivity contribution >= 4 is 33.8 Å². The van der Waals surface area contributed by atoms with Crippen molar-refractivity contribution in [2.45, 2.75) is 33.1 Å². The van der Waals surface area contributed by atoms with Crippen LogP contribution in [-0.4, -0.2) is 9.97 Å². The number of aryl methyl sites for hydroxylation is 1. The Kier molecular flexibility index (Phi) is 3.50. The molecule has 2 aromatic heterocycles. The van der Waals surface area contributed by atoms with Crippen LogP contribution >= 0.6 is 22.9 Å². The molecule has 3 rings (SSSR count). The second kappa shape index (κ2) is 5.08. The van der Waals surface area contributed by atoms with Crippen LogP contribution in [0, 0.1) is 6.92 Å². The standard InChI is InChI=1S/C17H17ClN2S/c1-10-8-21-9-13(10)16-19-14-6-5-11(17(2,3)4)7-12(14)15(18)20-16/h5-9H,1-4H3. The summed E-state index contributed by atoms with van der Waals surface area (Å²) >= 11 is 8.06. The highest BCUT2D eigenvalue weighted by Crippen LogP contribution is 2.31. The van der Waals surface area contributed by atoms with E-state index < -0.39 is 0 Å². The summed E-state index contributed by atoms with van der Waals surface area (Å²) < 4.78 is 0. The topological polar surface area (TPSA) is 25.8 Å². The number of hydrogen-bond donors (Lipinski definition) is 0. The van der Waals surface area contributed by atoms with Crippen molar-refractivity contribution < 1.29 is 0 Å². The summed E-state index contributed by atoms with van der Waals surface area (Å²) in [6.07, 6.45) is 0. The Bertz CT molecular complexity index is 815. The molecule has 0 fully saturated rings. The zero-order valence-electron chi connectivity index (χ0n) is 12.6. The minimum absolute atomic E-state index is 0.0835. The first-order valence-corrected chi connectivity index (χ1v) is 8.19. The summed E-state index contributed by atoms with van der Waals surface area (Å²) in [5.41, 5.74) is 4.45. The van der Waals surface area contributed by atoms with Crippen LogP contribution in [0.3, 0.4) is 0 Å². The molecule has 0 radical (unpaired) electrons. The molecule has 2 heterocycles. The molecule has 0 aliphatic heterocycles. The van der Waals surface area contributed by atoms with Gasteiger partial charge in [-0.2, -0.15) is 11.3 Å². The monoisotopic (exact) mass is 316 g/mol. The normalized spacial score (nSPS) is 12.0. The van der Waals surface area contributed by atoms with Gasteiger partial charge in [0.05, 0.1) is 5.52 Å². The average molecular weight is 317 g/mol. The van der Waals surface area contributed by atoms with Gasteiger partial charge in [-0.05, 0) is 41.0 Å². The van der Waals surface area contributed by atoms with Gasteiger partial charge in [0, 0.05) is 16.3 Å². The summed E-state index contributed by atoms with van der Waals surface area (Å²) in [6, 6.07) is 6.26. The molecule has 21 heavy (non-hydrogen) atoms. The Hall–Kier alpha value is -1.45. The molecule has 0 saturated heterocycles. The summed E-state index contributed by atoms with van der Waals surface area (Å²) in [5.74, 6) is 0.703. The van der Waals surface area contributed by atoms with Gasteiger partial charge in [-0.15, -0.1) is 0 Å². The lowest BCUT2D eigenvalue weighted by atomic mass is 9.86. The van der Waals surface area contributed by atoms with Crippen LogP contribution in [0.4, 0.5) is 0 Å². The molecule has 0 aliphatic carbocycles. The molecule has 0 unspecified atom stereocenters. The molecule has 0 amide bonds. The molecule has 2 nitrogen and oxygen atoms in total. The van der Waals surface area contributed by atoms with Crippen molar-refractivity contribution in [1.29, 1.82) is 0 Å². The van der Waals surface area contributed by atoms with Gasteiger partial charge in [-0.1, -0.05) is 38.4 Å². The predicted molar refractivity (Wildman–Crippen MR) is 91.3 cm³/mol. The smallest absolute Gasteiger partial charge is 0.162 e. The Balaban J connectivity index is 2.20. The lowest BCUT2D eigenvalue weighted by molar-refractivity contribution is 0.591. The Morgan fingerprint density at radius 1 is 1.10 bits per heavy atom. The fraction of sp³-hybridized carbons (Fsp3) is 0.294. The van der Waals surface area contributed by atoms with Gasteiger partial charge >= 0.3 is 0 Å². The third-order valence-corrected chi connectivity index (χ3v) is 4.76. The molecule has 0 atom stereocenters. The fourth-order valence-electron chi connectivity index (χ4n) is 2.27. The van der Waals surface area contributed by atoms with Crippen LogP contribution < -0.4 is 0 Å². The van der Waals surface area contributed by atoms with Gasteiger partial charge in [0.2, 0.25) is 0 Å². The summed E-state index contributed by atoms with van der Waals surface area (Å²) in [4.78, 5) is 9.16. The molecule has 0 N–H and O–H groups in total. The van der Waals surface area contributed by atoms with Gasteiger partial charge in [-0.3, -0.25) is 0 Å². The molecule has 0 bridgehead atoms. The van der Waals surface area contributed by atoms with E-state index in [1.807, 2.05) is 6.07 Å². The lowest BCUT2D eigenvalue weighted by Gasteiger charge is -2.19. The maximum absolute atomic E-state index is 6.41. The maximum atomic E-state index is 6.41. The minimum atomic E-state index is 0.0835. The Morgan fingerprint density at radius 3 is 2.48 bits per heavy atom. The van der Waals surface area contributed by atoms with Crippen LogP contribution in [0.25, 0.3) is 22.3 Å². The first kappa shape index (κ1) is 14.5. The number of rotatable bonds is 1. The maximum Gasteiger partial charge on any atom is 0.162 e. The number of fused-ring (bicyclic) bond motifs is 1. The van der Waals surface area contributed by atoms with Gasteiger partial charge in [0.25, 0.3) is 0 Å². The summed E-state index contributed by atoms with van der Waals surface area (Å²) in [7, 11) is 0. The summed E-state index contributed by atoms with van der Waals surface area (Å²) in [5, 5.41) is 5.60. The van der Waals surface area contributed by atoms with Gasteiger partial charge in [0.1, 0.15) is 5.15 Å². The van der Waals surface area contributed by atoms with E-state index in [2.05, 4.69) is 60.6 Å². The average Bonchev–Trinajstić information content (AvgIpc) is 2.83. The highest BCUT2D eigenvalue weighted by Gasteiger charge is 2.16. The predicted octanol–water partition coefficient (Wildman–Crippen LogP) is 5.62. The minimum Gasteiger partial charge on any atom is -0.228 e. The van der Waals surface area contributed by atoms with Crippen molar-refractivity contribution in [3.05, 3.63) is 45.2 Å². The molecule has 0 saturated carbocycles. The zero-order chi connectivity index (χ0) is 15.2. The van der Waals surface area contributed by atoms with Crippen molar-refractivity contribution in [3.8, 4) is 11.4 Å². The number of halogens is 1. The molecule has 3 aromatic rings. The SMILES string of the molecule is Cc1cscc1-c1nc(Cl)c2cc(C(C)(C)C)ccc2n1. The lowest BCUT2D eigenvalue weighted by Crippen LogP contribution is -2.10. The van der Waals surface area contributed by atoms with E-state index in [1.54, 1.807) is 11.3 Å². The highest BCUT2D eigenvalue weighted by atomic mass is 35.5. The second-order valence-electron chi connectivity index (χ2n) is 6.29. The molecule has 108 valence electrons. The van der Waals surface area contributed by atoms with E-state index in [9.17, 15) is 0 Å². The van der Waals surface area contributed by atoms with Crippen molar-refractivity contribution in [1.82, 2.24) is 9.97 Å². The number of thiophene rings is 1. The summed E-state index contributed by atoms with van der Waals surface area (Å²) in [6.45, 7) is 8.63. The molecular weight excluding hydrogens is 300 g/mol. The van der Waals surface area contributed by atoms with E-state index in [0.29, 0.717) is 11.0 Å². The van der Waals surface area contributed by atoms with Crippen LogP contribution in [0.5, 0.6) is 0 Å². The van der Waals surface area contributed by atoms with Crippen LogP contribution in [-0.2, 0) is 5.41 Å². The molecule has 0 spiro atoms. The van der Waals surface area contributed by atoms with Crippen LogP contribution in [0.15, 0.2) is 29.0 Å². The second-order valence-corrected chi connectivity index (χ2v) is 7.39. The number of benzene rings is 1. The van der Waals surface area contributed by atoms with Gasteiger partial charge in [0.15, 0.2) is 5.82 Å². The van der Waals surface area contributed by atoms with E-state index in [4.69, 9.17) is 11.6 Å². The van der Waals surface area contributed by atoms with Gasteiger partial charge < -0.3 is 0 Å². The Labute approximate surface area is 133 Å². The van der Waals surface area contributed by atoms with E-state index in [1.165, 1.54) is 11.1 Å². The number of aromatic nitrogens is 2. The van der Waals surface area contributed by atoms with Crippen molar-refractivity contribution in [2.75, 3.05) is 0 Å². The number of hydrogen-bond acceptors (Lipinski definition) is 3. The van der Waals surface area contributed by atoms with E-state index in [-0.39, 0.29) is 5.41 Å². The first-order chi connectivity index (χ1) is 9.86. The molecule has 4 heteroatoms. The largest absolute Gasteiger partial charge is 0.228 e. The van der Waals surface area contributed by atoms with E-state index >= 15 is 0 Å². The van der Waals surface area contributed by atoms with Crippen molar-refractivity contribution in [3.63, 3.8) is 0 Å². The zero-order valence-corrected chi connectivity index (χ0v) is 14.1. The third-order valence-electron chi connectivity index (χ3n) is 3.61. The molecule has 1 aromatic carbocycles. The molecular formula is C17H17ClN2S. The number of nitrogens with zero attached hydrogens (tertiary/aromatic N) is 2.